The largest absolute Gasteiger partial charge is 0.360 e. The highest BCUT2D eigenvalue weighted by Gasteiger charge is 2.30. The number of nitrogens with zero attached hydrogens (tertiary/aromatic N) is 2. The molecule has 1 atom stereocenters. The molecule has 116 valence electrons. The Labute approximate surface area is 131 Å². The van der Waals surface area contributed by atoms with Gasteiger partial charge in [0.05, 0.1) is 0 Å². The van der Waals surface area contributed by atoms with Gasteiger partial charge in [0.1, 0.15) is 11.5 Å². The smallest absolute Gasteiger partial charge is 0.159 e. The molecule has 0 saturated carbocycles. The van der Waals surface area contributed by atoms with Crippen molar-refractivity contribution in [1.82, 2.24) is 10.1 Å². The van der Waals surface area contributed by atoms with Crippen molar-refractivity contribution >= 4 is 11.8 Å². The average Bonchev–Trinajstić information content (AvgIpc) is 3.18. The fraction of sp³-hybridized carbons (Fsp3) is 0.438. The SMILES string of the molecule is Fc1ccc(-c2noc3c2CN([C@@H]2CCSC2)CC3)cc1F. The predicted molar refractivity (Wildman–Crippen MR) is 81.7 cm³/mol. The molecule has 1 aromatic carbocycles. The fourth-order valence-electron chi connectivity index (χ4n) is 3.22. The third kappa shape index (κ3) is 2.44. The number of aromatic nitrogens is 1. The van der Waals surface area contributed by atoms with Crippen LogP contribution in [0.4, 0.5) is 8.78 Å². The summed E-state index contributed by atoms with van der Waals surface area (Å²) >= 11 is 1.99. The van der Waals surface area contributed by atoms with Gasteiger partial charge in [-0.15, -0.1) is 0 Å². The molecule has 4 rings (SSSR count). The summed E-state index contributed by atoms with van der Waals surface area (Å²) in [6, 6.07) is 4.49. The maximum Gasteiger partial charge on any atom is 0.159 e. The van der Waals surface area contributed by atoms with Crippen molar-refractivity contribution < 1.29 is 13.3 Å². The molecule has 1 aromatic heterocycles. The number of benzene rings is 1. The van der Waals surface area contributed by atoms with E-state index in [1.165, 1.54) is 24.0 Å². The van der Waals surface area contributed by atoms with Gasteiger partial charge < -0.3 is 4.52 Å². The summed E-state index contributed by atoms with van der Waals surface area (Å²) < 4.78 is 32.0. The molecule has 0 bridgehead atoms. The molecule has 0 N–H and O–H groups in total. The lowest BCUT2D eigenvalue weighted by Gasteiger charge is -2.31. The number of halogens is 2. The minimum atomic E-state index is -0.853. The van der Waals surface area contributed by atoms with Crippen LogP contribution < -0.4 is 0 Å². The van der Waals surface area contributed by atoms with Crippen LogP contribution in [0, 0.1) is 11.6 Å². The van der Waals surface area contributed by atoms with Crippen LogP contribution in [0.5, 0.6) is 0 Å². The van der Waals surface area contributed by atoms with E-state index in [1.807, 2.05) is 11.8 Å². The van der Waals surface area contributed by atoms with Crippen LogP contribution in [0.15, 0.2) is 22.7 Å². The molecule has 3 nitrogen and oxygen atoms in total. The Morgan fingerprint density at radius 3 is 2.95 bits per heavy atom. The van der Waals surface area contributed by atoms with E-state index >= 15 is 0 Å². The van der Waals surface area contributed by atoms with Gasteiger partial charge in [-0.2, -0.15) is 11.8 Å². The Bertz CT molecular complexity index is 697. The second kappa shape index (κ2) is 5.66. The molecule has 1 fully saturated rings. The van der Waals surface area contributed by atoms with Crippen molar-refractivity contribution in [2.75, 3.05) is 18.1 Å². The van der Waals surface area contributed by atoms with Gasteiger partial charge in [-0.1, -0.05) is 5.16 Å². The van der Waals surface area contributed by atoms with E-state index in [1.54, 1.807) is 6.07 Å². The van der Waals surface area contributed by atoms with Crippen LogP contribution in [0.2, 0.25) is 0 Å². The summed E-state index contributed by atoms with van der Waals surface area (Å²) in [5.74, 6) is 1.57. The van der Waals surface area contributed by atoms with Crippen molar-refractivity contribution in [3.05, 3.63) is 41.2 Å². The third-order valence-corrected chi connectivity index (χ3v) is 5.62. The van der Waals surface area contributed by atoms with E-state index in [-0.39, 0.29) is 0 Å². The van der Waals surface area contributed by atoms with Crippen LogP contribution in [-0.2, 0) is 13.0 Å². The molecule has 0 unspecified atom stereocenters. The molecular formula is C16H16F2N2OS. The standard InChI is InChI=1S/C16H16F2N2OS/c17-13-2-1-10(7-14(13)18)16-12-8-20(11-4-6-22-9-11)5-3-15(12)21-19-16/h1-2,7,11H,3-6,8-9H2/t11-/m1/s1. The number of fused-ring (bicyclic) bond motifs is 1. The van der Waals surface area contributed by atoms with Crippen molar-refractivity contribution in [3.63, 3.8) is 0 Å². The van der Waals surface area contributed by atoms with Gasteiger partial charge in [0, 0.05) is 42.4 Å². The summed E-state index contributed by atoms with van der Waals surface area (Å²) in [4.78, 5) is 2.46. The van der Waals surface area contributed by atoms with Crippen LogP contribution >= 0.6 is 11.8 Å². The lowest BCUT2D eigenvalue weighted by molar-refractivity contribution is 0.184. The Morgan fingerprint density at radius 1 is 1.27 bits per heavy atom. The van der Waals surface area contributed by atoms with Gasteiger partial charge in [0.25, 0.3) is 0 Å². The van der Waals surface area contributed by atoms with E-state index in [9.17, 15) is 8.78 Å². The fourth-order valence-corrected chi connectivity index (χ4v) is 4.48. The first-order valence-corrected chi connectivity index (χ1v) is 8.62. The number of hydrogen-bond acceptors (Lipinski definition) is 4. The van der Waals surface area contributed by atoms with Crippen LogP contribution in [0.25, 0.3) is 11.3 Å². The summed E-state index contributed by atoms with van der Waals surface area (Å²) in [7, 11) is 0. The van der Waals surface area contributed by atoms with Crippen LogP contribution in [-0.4, -0.2) is 34.1 Å². The van der Waals surface area contributed by atoms with Gasteiger partial charge in [-0.25, -0.2) is 8.78 Å². The Morgan fingerprint density at radius 2 is 2.18 bits per heavy atom. The van der Waals surface area contributed by atoms with E-state index in [0.717, 1.165) is 36.9 Å². The molecule has 0 amide bonds. The Hall–Kier alpha value is -1.40. The van der Waals surface area contributed by atoms with E-state index in [4.69, 9.17) is 4.52 Å². The third-order valence-electron chi connectivity index (χ3n) is 4.47. The average molecular weight is 322 g/mol. The number of thioether (sulfide) groups is 1. The topological polar surface area (TPSA) is 29.3 Å². The predicted octanol–water partition coefficient (Wildman–Crippen LogP) is 3.48. The quantitative estimate of drug-likeness (QED) is 0.846. The van der Waals surface area contributed by atoms with Gasteiger partial charge in [0.15, 0.2) is 11.6 Å². The van der Waals surface area contributed by atoms with Gasteiger partial charge >= 0.3 is 0 Å². The van der Waals surface area contributed by atoms with Gasteiger partial charge in [-0.05, 0) is 30.4 Å². The first-order chi connectivity index (χ1) is 10.7. The molecule has 6 heteroatoms. The lowest BCUT2D eigenvalue weighted by atomic mass is 10.00. The molecule has 2 aromatic rings. The van der Waals surface area contributed by atoms with E-state index in [2.05, 4.69) is 10.1 Å². The number of hydrogen-bond donors (Lipinski definition) is 0. The summed E-state index contributed by atoms with van der Waals surface area (Å²) in [6.07, 6.45) is 2.04. The minimum Gasteiger partial charge on any atom is -0.360 e. The van der Waals surface area contributed by atoms with Crippen molar-refractivity contribution in [2.24, 2.45) is 0 Å². The molecule has 3 heterocycles. The highest BCUT2D eigenvalue weighted by Crippen LogP contribution is 2.33. The van der Waals surface area contributed by atoms with Gasteiger partial charge in [0.2, 0.25) is 0 Å². The van der Waals surface area contributed by atoms with Crippen molar-refractivity contribution in [3.8, 4) is 11.3 Å². The highest BCUT2D eigenvalue weighted by molar-refractivity contribution is 7.99. The van der Waals surface area contributed by atoms with Crippen molar-refractivity contribution in [2.45, 2.75) is 25.4 Å². The zero-order chi connectivity index (χ0) is 15.1. The zero-order valence-corrected chi connectivity index (χ0v) is 12.8. The molecular weight excluding hydrogens is 306 g/mol. The van der Waals surface area contributed by atoms with E-state index in [0.29, 0.717) is 17.3 Å². The van der Waals surface area contributed by atoms with Crippen LogP contribution in [0.3, 0.4) is 0 Å². The lowest BCUT2D eigenvalue weighted by Crippen LogP contribution is -2.39. The maximum absolute atomic E-state index is 13.5. The second-order valence-electron chi connectivity index (χ2n) is 5.80. The first-order valence-electron chi connectivity index (χ1n) is 7.47. The summed E-state index contributed by atoms with van der Waals surface area (Å²) in [6.45, 7) is 1.75. The molecule has 2 aliphatic heterocycles. The summed E-state index contributed by atoms with van der Waals surface area (Å²) in [5.41, 5.74) is 2.24. The molecule has 2 aliphatic rings. The summed E-state index contributed by atoms with van der Waals surface area (Å²) in [5, 5.41) is 4.10. The van der Waals surface area contributed by atoms with Crippen LogP contribution in [0.1, 0.15) is 17.7 Å². The van der Waals surface area contributed by atoms with E-state index < -0.39 is 11.6 Å². The molecule has 0 spiro atoms. The first kappa shape index (κ1) is 14.2. The maximum atomic E-state index is 13.5. The number of rotatable bonds is 2. The molecule has 0 aliphatic carbocycles. The molecule has 22 heavy (non-hydrogen) atoms. The molecule has 1 saturated heterocycles. The minimum absolute atomic E-state index is 0.576. The second-order valence-corrected chi connectivity index (χ2v) is 6.95. The van der Waals surface area contributed by atoms with Crippen molar-refractivity contribution in [1.29, 1.82) is 0 Å². The Kier molecular flexibility index (Phi) is 3.66. The normalized spacial score (nSPS) is 22.0. The zero-order valence-electron chi connectivity index (χ0n) is 12.0. The Balaban J connectivity index is 1.66. The van der Waals surface area contributed by atoms with Gasteiger partial charge in [-0.3, -0.25) is 4.90 Å². The monoisotopic (exact) mass is 322 g/mol. The molecule has 0 radical (unpaired) electrons. The highest BCUT2D eigenvalue weighted by atomic mass is 32.2.